The molecule has 0 heterocycles. The zero-order valence-electron chi connectivity index (χ0n) is 17.8. The van der Waals surface area contributed by atoms with Gasteiger partial charge in [-0.1, -0.05) is 32.0 Å². The van der Waals surface area contributed by atoms with Crippen LogP contribution in [0.5, 0.6) is 0 Å². The number of nitrogens with zero attached hydrogens (tertiary/aromatic N) is 1. The molecule has 0 saturated carbocycles. The number of carbonyl (C=O) groups is 1. The van der Waals surface area contributed by atoms with E-state index in [2.05, 4.69) is 16.7 Å². The second-order valence-electron chi connectivity index (χ2n) is 7.19. The largest absolute Gasteiger partial charge is 0.325 e. The van der Waals surface area contributed by atoms with E-state index in [0.717, 1.165) is 22.4 Å². The molecule has 0 radical (unpaired) electrons. The molecule has 29 heavy (non-hydrogen) atoms. The Morgan fingerprint density at radius 2 is 1.55 bits per heavy atom. The van der Waals surface area contributed by atoms with Crippen LogP contribution >= 0.6 is 0 Å². The lowest BCUT2D eigenvalue weighted by atomic mass is 10.1. The highest BCUT2D eigenvalue weighted by atomic mass is 32.2. The highest BCUT2D eigenvalue weighted by Crippen LogP contribution is 2.19. The van der Waals surface area contributed by atoms with E-state index in [-0.39, 0.29) is 23.4 Å². The van der Waals surface area contributed by atoms with Gasteiger partial charge in [0.15, 0.2) is 0 Å². The Hall–Kier alpha value is -2.22. The molecule has 0 saturated heterocycles. The van der Waals surface area contributed by atoms with Crippen molar-refractivity contribution < 1.29 is 13.2 Å². The first-order valence-corrected chi connectivity index (χ1v) is 11.3. The molecular formula is C22H31N3O3S. The lowest BCUT2D eigenvalue weighted by molar-refractivity contribution is -0.115. The maximum atomic E-state index is 12.6. The Kier molecular flexibility index (Phi) is 7.96. The number of benzene rings is 2. The Balaban J connectivity index is 1.97. The molecule has 2 aromatic carbocycles. The number of anilines is 1. The summed E-state index contributed by atoms with van der Waals surface area (Å²) in [6, 6.07) is 12.6. The summed E-state index contributed by atoms with van der Waals surface area (Å²) < 4.78 is 26.6. The molecule has 0 aromatic heterocycles. The summed E-state index contributed by atoms with van der Waals surface area (Å²) in [5.41, 5.74) is 3.90. The van der Waals surface area contributed by atoms with E-state index in [1.54, 1.807) is 24.3 Å². The number of hydrogen-bond donors (Lipinski definition) is 2. The number of hydrogen-bond acceptors (Lipinski definition) is 4. The molecule has 0 aliphatic heterocycles. The number of sulfonamides is 1. The van der Waals surface area contributed by atoms with Gasteiger partial charge in [-0.3, -0.25) is 4.79 Å². The van der Waals surface area contributed by atoms with Gasteiger partial charge in [-0.2, -0.15) is 4.31 Å². The van der Waals surface area contributed by atoms with Crippen molar-refractivity contribution >= 4 is 21.6 Å². The van der Waals surface area contributed by atoms with Crippen molar-refractivity contribution in [3.8, 4) is 0 Å². The zero-order chi connectivity index (χ0) is 21.6. The van der Waals surface area contributed by atoms with Crippen LogP contribution in [0.2, 0.25) is 0 Å². The minimum absolute atomic E-state index is 0.0924. The van der Waals surface area contributed by atoms with Crippen LogP contribution in [-0.2, 0) is 14.8 Å². The van der Waals surface area contributed by atoms with Gasteiger partial charge in [0, 0.05) is 24.8 Å². The normalized spacial score (nSPS) is 12.8. The highest BCUT2D eigenvalue weighted by molar-refractivity contribution is 7.89. The first kappa shape index (κ1) is 23.1. The van der Waals surface area contributed by atoms with E-state index in [4.69, 9.17) is 0 Å². The third kappa shape index (κ3) is 6.13. The van der Waals surface area contributed by atoms with Gasteiger partial charge in [0.05, 0.1) is 11.4 Å². The number of amides is 1. The number of carbonyl (C=O) groups excluding carboxylic acids is 1. The van der Waals surface area contributed by atoms with Crippen LogP contribution in [0.3, 0.4) is 0 Å². The van der Waals surface area contributed by atoms with Crippen LogP contribution < -0.4 is 10.6 Å². The lowest BCUT2D eigenvalue weighted by Crippen LogP contribution is -2.31. The molecule has 0 aliphatic carbocycles. The predicted molar refractivity (Wildman–Crippen MR) is 118 cm³/mol. The smallest absolute Gasteiger partial charge is 0.243 e. The zero-order valence-corrected chi connectivity index (χ0v) is 18.6. The molecule has 0 bridgehead atoms. The molecule has 2 aromatic rings. The van der Waals surface area contributed by atoms with Gasteiger partial charge in [0.2, 0.25) is 15.9 Å². The van der Waals surface area contributed by atoms with Crippen LogP contribution in [0, 0.1) is 13.8 Å². The summed E-state index contributed by atoms with van der Waals surface area (Å²) in [5.74, 6) is -0.123. The van der Waals surface area contributed by atoms with E-state index in [0.29, 0.717) is 13.1 Å². The summed E-state index contributed by atoms with van der Waals surface area (Å²) in [4.78, 5) is 12.5. The SMILES string of the molecule is CCN(CC)S(=O)(=O)c1ccc([C@H](C)NCC(=O)Nc2cc(C)cc(C)c2)cc1. The van der Waals surface area contributed by atoms with E-state index in [1.165, 1.54) is 4.31 Å². The van der Waals surface area contributed by atoms with E-state index < -0.39 is 10.0 Å². The van der Waals surface area contributed by atoms with Crippen molar-refractivity contribution in [3.63, 3.8) is 0 Å². The van der Waals surface area contributed by atoms with Gasteiger partial charge in [0.1, 0.15) is 0 Å². The van der Waals surface area contributed by atoms with Crippen LogP contribution in [0.15, 0.2) is 47.4 Å². The molecule has 158 valence electrons. The van der Waals surface area contributed by atoms with E-state index in [9.17, 15) is 13.2 Å². The highest BCUT2D eigenvalue weighted by Gasteiger charge is 2.21. The van der Waals surface area contributed by atoms with Gasteiger partial charge < -0.3 is 10.6 Å². The third-order valence-electron chi connectivity index (χ3n) is 4.80. The van der Waals surface area contributed by atoms with Crippen molar-refractivity contribution in [1.29, 1.82) is 0 Å². The van der Waals surface area contributed by atoms with Gasteiger partial charge in [-0.25, -0.2) is 8.42 Å². The van der Waals surface area contributed by atoms with Crippen molar-refractivity contribution in [2.75, 3.05) is 25.0 Å². The van der Waals surface area contributed by atoms with Crippen molar-refractivity contribution in [1.82, 2.24) is 9.62 Å². The molecule has 7 heteroatoms. The number of rotatable bonds is 9. The second kappa shape index (κ2) is 10.0. The van der Waals surface area contributed by atoms with Crippen LogP contribution in [0.25, 0.3) is 0 Å². The van der Waals surface area contributed by atoms with Crippen molar-refractivity contribution in [3.05, 3.63) is 59.2 Å². The van der Waals surface area contributed by atoms with Gasteiger partial charge in [0.25, 0.3) is 0 Å². The topological polar surface area (TPSA) is 78.5 Å². The Bertz CT molecular complexity index is 916. The summed E-state index contributed by atoms with van der Waals surface area (Å²) in [6.45, 7) is 10.6. The molecule has 0 fully saturated rings. The minimum Gasteiger partial charge on any atom is -0.325 e. The van der Waals surface area contributed by atoms with Crippen LogP contribution in [-0.4, -0.2) is 38.3 Å². The molecule has 2 N–H and O–H groups in total. The maximum absolute atomic E-state index is 12.6. The van der Waals surface area contributed by atoms with Gasteiger partial charge >= 0.3 is 0 Å². The molecule has 1 amide bonds. The average molecular weight is 418 g/mol. The first-order valence-electron chi connectivity index (χ1n) is 9.89. The summed E-state index contributed by atoms with van der Waals surface area (Å²) in [7, 11) is -3.46. The minimum atomic E-state index is -3.46. The molecule has 0 unspecified atom stereocenters. The summed E-state index contributed by atoms with van der Waals surface area (Å²) >= 11 is 0. The molecule has 0 spiro atoms. The Morgan fingerprint density at radius 1 is 1.00 bits per heavy atom. The number of nitrogens with one attached hydrogen (secondary N) is 2. The first-order chi connectivity index (χ1) is 13.7. The quantitative estimate of drug-likeness (QED) is 0.653. The average Bonchev–Trinajstić information content (AvgIpc) is 2.66. The lowest BCUT2D eigenvalue weighted by Gasteiger charge is -2.19. The maximum Gasteiger partial charge on any atom is 0.243 e. The molecular weight excluding hydrogens is 386 g/mol. The van der Waals surface area contributed by atoms with Gasteiger partial charge in [-0.15, -0.1) is 0 Å². The van der Waals surface area contributed by atoms with E-state index >= 15 is 0 Å². The standard InChI is InChI=1S/C22H31N3O3S/c1-6-25(7-2)29(27,28)21-10-8-19(9-11-21)18(5)23-15-22(26)24-20-13-16(3)12-17(4)14-20/h8-14,18,23H,6-7,15H2,1-5H3,(H,24,26)/t18-/m0/s1. The fourth-order valence-corrected chi connectivity index (χ4v) is 4.71. The monoisotopic (exact) mass is 417 g/mol. The molecule has 2 rings (SSSR count). The predicted octanol–water partition coefficient (Wildman–Crippen LogP) is 3.62. The van der Waals surface area contributed by atoms with Crippen LogP contribution in [0.1, 0.15) is 43.5 Å². The molecule has 1 atom stereocenters. The Labute approximate surface area is 174 Å². The van der Waals surface area contributed by atoms with E-state index in [1.807, 2.05) is 46.8 Å². The second-order valence-corrected chi connectivity index (χ2v) is 9.12. The third-order valence-corrected chi connectivity index (χ3v) is 6.86. The van der Waals surface area contributed by atoms with Crippen molar-refractivity contribution in [2.24, 2.45) is 0 Å². The molecule has 0 aliphatic rings. The number of aryl methyl sites for hydroxylation is 2. The van der Waals surface area contributed by atoms with Crippen molar-refractivity contribution in [2.45, 2.75) is 45.6 Å². The Morgan fingerprint density at radius 3 is 2.07 bits per heavy atom. The fraction of sp³-hybridized carbons (Fsp3) is 0.409. The fourth-order valence-electron chi connectivity index (χ4n) is 3.26. The molecule has 6 nitrogen and oxygen atoms in total. The van der Waals surface area contributed by atoms with Gasteiger partial charge in [-0.05, 0) is 61.7 Å². The summed E-state index contributed by atoms with van der Waals surface area (Å²) in [6.07, 6.45) is 0. The van der Waals surface area contributed by atoms with Crippen LogP contribution in [0.4, 0.5) is 5.69 Å². The summed E-state index contributed by atoms with van der Waals surface area (Å²) in [5, 5.41) is 6.08.